The van der Waals surface area contributed by atoms with Crippen LogP contribution < -0.4 is 14.8 Å². The molecule has 0 bridgehead atoms. The summed E-state index contributed by atoms with van der Waals surface area (Å²) < 4.78 is 30.9. The lowest BCUT2D eigenvalue weighted by atomic mass is 10.3. The molecule has 1 aromatic heterocycles. The number of aromatic nitrogens is 1. The van der Waals surface area contributed by atoms with Gasteiger partial charge in [0.15, 0.2) is 0 Å². The highest BCUT2D eigenvalue weighted by molar-refractivity contribution is 7.84. The van der Waals surface area contributed by atoms with Gasteiger partial charge in [-0.05, 0) is 26.0 Å². The van der Waals surface area contributed by atoms with E-state index in [0.29, 0.717) is 31.9 Å². The smallest absolute Gasteiger partial charge is 0.378 e. The molecule has 1 fully saturated rings. The van der Waals surface area contributed by atoms with Gasteiger partial charge in [0.25, 0.3) is 5.88 Å². The Labute approximate surface area is 119 Å². The average Bonchev–Trinajstić information content (AvgIpc) is 2.41. The number of piperazine rings is 1. The van der Waals surface area contributed by atoms with Crippen LogP contribution in [0.4, 0.5) is 5.69 Å². The number of nitrogens with zero attached hydrogens (tertiary/aromatic N) is 2. The first-order valence-corrected chi connectivity index (χ1v) is 7.97. The Bertz CT molecular complexity index is 541. The summed E-state index contributed by atoms with van der Waals surface area (Å²) >= 11 is 0. The fourth-order valence-corrected chi connectivity index (χ4v) is 2.97. The summed E-state index contributed by atoms with van der Waals surface area (Å²) in [6.45, 7) is 5.98. The molecule has 0 unspecified atom stereocenters. The highest BCUT2D eigenvalue weighted by Crippen LogP contribution is 2.23. The standard InChI is InChI=1S/C12H20N4O3S/c1-10(2)15-11-4-3-5-14-12(11)19-20(17,18)16-8-6-13-7-9-16/h3-5,10,13,15H,6-9H2,1-2H3. The summed E-state index contributed by atoms with van der Waals surface area (Å²) in [6.07, 6.45) is 1.51. The number of pyridine rings is 1. The zero-order valence-corrected chi connectivity index (χ0v) is 12.5. The van der Waals surface area contributed by atoms with E-state index in [1.54, 1.807) is 12.1 Å². The van der Waals surface area contributed by atoms with Crippen LogP contribution >= 0.6 is 0 Å². The van der Waals surface area contributed by atoms with E-state index in [0.717, 1.165) is 0 Å². The molecule has 1 aliphatic heterocycles. The second kappa shape index (κ2) is 6.38. The van der Waals surface area contributed by atoms with E-state index in [2.05, 4.69) is 15.6 Å². The van der Waals surface area contributed by atoms with Gasteiger partial charge in [-0.3, -0.25) is 0 Å². The van der Waals surface area contributed by atoms with Crippen molar-refractivity contribution in [1.82, 2.24) is 14.6 Å². The van der Waals surface area contributed by atoms with E-state index >= 15 is 0 Å². The Kier molecular flexibility index (Phi) is 4.79. The number of anilines is 1. The van der Waals surface area contributed by atoms with Crippen LogP contribution in [0.5, 0.6) is 5.88 Å². The van der Waals surface area contributed by atoms with Gasteiger partial charge in [0.2, 0.25) is 0 Å². The number of hydrogen-bond acceptors (Lipinski definition) is 6. The molecule has 0 radical (unpaired) electrons. The maximum absolute atomic E-state index is 12.2. The van der Waals surface area contributed by atoms with Gasteiger partial charge in [-0.25, -0.2) is 4.98 Å². The monoisotopic (exact) mass is 300 g/mol. The molecule has 0 saturated carbocycles. The largest absolute Gasteiger partial charge is 0.386 e. The summed E-state index contributed by atoms with van der Waals surface area (Å²) in [7, 11) is -3.80. The van der Waals surface area contributed by atoms with E-state index in [4.69, 9.17) is 4.18 Å². The second-order valence-corrected chi connectivity index (χ2v) is 6.38. The first kappa shape index (κ1) is 15.0. The van der Waals surface area contributed by atoms with E-state index in [9.17, 15) is 8.42 Å². The van der Waals surface area contributed by atoms with Crippen molar-refractivity contribution in [2.45, 2.75) is 19.9 Å². The summed E-state index contributed by atoms with van der Waals surface area (Å²) in [4.78, 5) is 4.01. The molecule has 2 N–H and O–H groups in total. The maximum Gasteiger partial charge on any atom is 0.386 e. The van der Waals surface area contributed by atoms with Crippen LogP contribution in [-0.4, -0.2) is 49.9 Å². The SMILES string of the molecule is CC(C)Nc1cccnc1OS(=O)(=O)N1CCNCC1. The predicted molar refractivity (Wildman–Crippen MR) is 77.0 cm³/mol. The summed E-state index contributed by atoms with van der Waals surface area (Å²) in [6, 6.07) is 3.63. The van der Waals surface area contributed by atoms with Gasteiger partial charge in [-0.15, -0.1) is 0 Å². The molecular weight excluding hydrogens is 280 g/mol. The van der Waals surface area contributed by atoms with Crippen LogP contribution in [0.3, 0.4) is 0 Å². The molecular formula is C12H20N4O3S. The van der Waals surface area contributed by atoms with Crippen molar-refractivity contribution in [2.24, 2.45) is 0 Å². The third-order valence-electron chi connectivity index (χ3n) is 2.79. The predicted octanol–water partition coefficient (Wildman–Crippen LogP) is 0.431. The minimum Gasteiger partial charge on any atom is -0.378 e. The topological polar surface area (TPSA) is 83.6 Å². The maximum atomic E-state index is 12.2. The minimum absolute atomic E-state index is 0.0831. The normalized spacial score (nSPS) is 17.1. The van der Waals surface area contributed by atoms with Gasteiger partial charge in [0.1, 0.15) is 0 Å². The highest BCUT2D eigenvalue weighted by Gasteiger charge is 2.27. The molecule has 1 aliphatic rings. The van der Waals surface area contributed by atoms with Crippen molar-refractivity contribution >= 4 is 16.0 Å². The van der Waals surface area contributed by atoms with Crippen LogP contribution in [0.25, 0.3) is 0 Å². The van der Waals surface area contributed by atoms with E-state index in [1.165, 1.54) is 10.5 Å². The third kappa shape index (κ3) is 3.81. The Morgan fingerprint density at radius 1 is 1.40 bits per heavy atom. The molecule has 0 spiro atoms. The highest BCUT2D eigenvalue weighted by atomic mass is 32.2. The summed E-state index contributed by atoms with van der Waals surface area (Å²) in [5, 5.41) is 6.21. The molecule has 2 rings (SSSR count). The number of nitrogens with one attached hydrogen (secondary N) is 2. The Hall–Kier alpha value is -1.38. The fraction of sp³-hybridized carbons (Fsp3) is 0.583. The zero-order chi connectivity index (χ0) is 14.6. The van der Waals surface area contributed by atoms with Crippen LogP contribution in [0.1, 0.15) is 13.8 Å². The molecule has 1 saturated heterocycles. The van der Waals surface area contributed by atoms with Gasteiger partial charge in [0.05, 0.1) is 5.69 Å². The molecule has 8 heteroatoms. The lowest BCUT2D eigenvalue weighted by Crippen LogP contribution is -2.47. The molecule has 20 heavy (non-hydrogen) atoms. The minimum atomic E-state index is -3.80. The molecule has 112 valence electrons. The van der Waals surface area contributed by atoms with E-state index < -0.39 is 10.3 Å². The van der Waals surface area contributed by atoms with Crippen molar-refractivity contribution < 1.29 is 12.6 Å². The molecule has 1 aromatic rings. The third-order valence-corrected chi connectivity index (χ3v) is 4.16. The molecule has 0 amide bonds. The van der Waals surface area contributed by atoms with Crippen molar-refractivity contribution in [1.29, 1.82) is 0 Å². The molecule has 2 heterocycles. The molecule has 0 atom stereocenters. The van der Waals surface area contributed by atoms with Crippen molar-refractivity contribution in [3.63, 3.8) is 0 Å². The van der Waals surface area contributed by atoms with Crippen molar-refractivity contribution in [3.8, 4) is 5.88 Å². The van der Waals surface area contributed by atoms with E-state index in [-0.39, 0.29) is 11.9 Å². The number of hydrogen-bond donors (Lipinski definition) is 2. The Balaban J connectivity index is 2.16. The first-order chi connectivity index (χ1) is 9.49. The van der Waals surface area contributed by atoms with Gasteiger partial charge >= 0.3 is 10.3 Å². The molecule has 0 aliphatic carbocycles. The summed E-state index contributed by atoms with van der Waals surface area (Å²) in [5.74, 6) is 0.0831. The van der Waals surface area contributed by atoms with Gasteiger partial charge in [-0.1, -0.05) is 0 Å². The van der Waals surface area contributed by atoms with Crippen molar-refractivity contribution in [2.75, 3.05) is 31.5 Å². The zero-order valence-electron chi connectivity index (χ0n) is 11.7. The van der Waals surface area contributed by atoms with Gasteiger partial charge < -0.3 is 14.8 Å². The Morgan fingerprint density at radius 2 is 2.10 bits per heavy atom. The van der Waals surface area contributed by atoms with E-state index in [1.807, 2.05) is 13.8 Å². The van der Waals surface area contributed by atoms with Crippen LogP contribution in [0.15, 0.2) is 18.3 Å². The van der Waals surface area contributed by atoms with Crippen LogP contribution in [0.2, 0.25) is 0 Å². The number of rotatable bonds is 5. The lowest BCUT2D eigenvalue weighted by molar-refractivity contribution is 0.321. The van der Waals surface area contributed by atoms with Crippen LogP contribution in [0, 0.1) is 0 Å². The molecule has 7 nitrogen and oxygen atoms in total. The average molecular weight is 300 g/mol. The second-order valence-electron chi connectivity index (χ2n) is 4.85. The lowest BCUT2D eigenvalue weighted by Gasteiger charge is -2.26. The quantitative estimate of drug-likeness (QED) is 0.820. The molecule has 0 aromatic carbocycles. The van der Waals surface area contributed by atoms with Crippen LogP contribution in [-0.2, 0) is 10.3 Å². The van der Waals surface area contributed by atoms with Crippen molar-refractivity contribution in [3.05, 3.63) is 18.3 Å². The summed E-state index contributed by atoms with van der Waals surface area (Å²) in [5.41, 5.74) is 0.571. The fourth-order valence-electron chi connectivity index (χ4n) is 1.90. The van der Waals surface area contributed by atoms with Gasteiger partial charge in [0, 0.05) is 38.4 Å². The Morgan fingerprint density at radius 3 is 2.75 bits per heavy atom. The van der Waals surface area contributed by atoms with Gasteiger partial charge in [-0.2, -0.15) is 12.7 Å². The first-order valence-electron chi connectivity index (χ1n) is 6.61.